The van der Waals surface area contributed by atoms with Crippen LogP contribution in [0.4, 0.5) is 11.4 Å². The number of carbonyl (C=O) groups is 1. The van der Waals surface area contributed by atoms with Gasteiger partial charge in [-0.05, 0) is 37.1 Å². The molecular formula is C20H25N3O. The first-order valence-corrected chi connectivity index (χ1v) is 8.52. The maximum atomic E-state index is 12.3. The maximum Gasteiger partial charge on any atom is 0.238 e. The molecule has 1 fully saturated rings. The summed E-state index contributed by atoms with van der Waals surface area (Å²) in [5, 5.41) is 3.02. The molecule has 1 N–H and O–H groups in total. The highest BCUT2D eigenvalue weighted by Gasteiger charge is 2.20. The molecule has 1 heterocycles. The average Bonchev–Trinajstić information content (AvgIpc) is 2.58. The Morgan fingerprint density at radius 3 is 2.21 bits per heavy atom. The summed E-state index contributed by atoms with van der Waals surface area (Å²) in [6.07, 6.45) is 0. The lowest BCUT2D eigenvalue weighted by atomic mass is 10.1. The summed E-state index contributed by atoms with van der Waals surface area (Å²) in [6, 6.07) is 16.4. The van der Waals surface area contributed by atoms with Crippen molar-refractivity contribution in [3.63, 3.8) is 0 Å². The topological polar surface area (TPSA) is 35.6 Å². The van der Waals surface area contributed by atoms with Gasteiger partial charge in [-0.2, -0.15) is 0 Å². The Morgan fingerprint density at radius 2 is 1.54 bits per heavy atom. The Hall–Kier alpha value is -2.33. The SMILES string of the molecule is Cc1ccccc1NC(=O)CN1CCN(c2ccccc2C)CC1. The van der Waals surface area contributed by atoms with Crippen LogP contribution in [0.1, 0.15) is 11.1 Å². The summed E-state index contributed by atoms with van der Waals surface area (Å²) in [4.78, 5) is 16.9. The van der Waals surface area contributed by atoms with Crippen LogP contribution < -0.4 is 10.2 Å². The number of hydrogen-bond acceptors (Lipinski definition) is 3. The lowest BCUT2D eigenvalue weighted by Crippen LogP contribution is -2.48. The molecule has 3 rings (SSSR count). The van der Waals surface area contributed by atoms with Crippen LogP contribution in [0.5, 0.6) is 0 Å². The van der Waals surface area contributed by atoms with E-state index in [0.29, 0.717) is 6.54 Å². The number of rotatable bonds is 4. The number of piperazine rings is 1. The van der Waals surface area contributed by atoms with Crippen LogP contribution in [-0.2, 0) is 4.79 Å². The number of carbonyl (C=O) groups excluding carboxylic acids is 1. The van der Waals surface area contributed by atoms with Crippen molar-refractivity contribution < 1.29 is 4.79 Å². The second-order valence-electron chi connectivity index (χ2n) is 6.41. The molecule has 24 heavy (non-hydrogen) atoms. The summed E-state index contributed by atoms with van der Waals surface area (Å²) in [5.74, 6) is 0.0636. The van der Waals surface area contributed by atoms with E-state index in [1.807, 2.05) is 31.2 Å². The lowest BCUT2D eigenvalue weighted by molar-refractivity contribution is -0.117. The molecule has 126 valence electrons. The zero-order valence-corrected chi connectivity index (χ0v) is 14.5. The minimum absolute atomic E-state index is 0.0636. The molecule has 4 heteroatoms. The van der Waals surface area contributed by atoms with Crippen molar-refractivity contribution in [1.29, 1.82) is 0 Å². The Kier molecular flexibility index (Phi) is 5.16. The van der Waals surface area contributed by atoms with Crippen LogP contribution in [-0.4, -0.2) is 43.5 Å². The third-order valence-electron chi connectivity index (χ3n) is 4.61. The standard InChI is InChI=1S/C20H25N3O/c1-16-7-3-5-9-18(16)21-20(24)15-22-11-13-23(14-12-22)19-10-6-4-8-17(19)2/h3-10H,11-15H2,1-2H3,(H,21,24). The van der Waals surface area contributed by atoms with Gasteiger partial charge >= 0.3 is 0 Å². The van der Waals surface area contributed by atoms with Gasteiger partial charge in [-0.15, -0.1) is 0 Å². The van der Waals surface area contributed by atoms with Crippen molar-refractivity contribution in [1.82, 2.24) is 4.90 Å². The van der Waals surface area contributed by atoms with Gasteiger partial charge in [-0.3, -0.25) is 9.69 Å². The fraction of sp³-hybridized carbons (Fsp3) is 0.350. The first-order chi connectivity index (χ1) is 11.6. The zero-order chi connectivity index (χ0) is 16.9. The van der Waals surface area contributed by atoms with E-state index < -0.39 is 0 Å². The summed E-state index contributed by atoms with van der Waals surface area (Å²) in [6.45, 7) is 8.36. The van der Waals surface area contributed by atoms with Gasteiger partial charge in [0.1, 0.15) is 0 Å². The summed E-state index contributed by atoms with van der Waals surface area (Å²) in [7, 11) is 0. The number of aryl methyl sites for hydroxylation is 2. The molecule has 1 saturated heterocycles. The molecule has 1 amide bonds. The molecule has 2 aromatic rings. The fourth-order valence-corrected chi connectivity index (χ4v) is 3.17. The summed E-state index contributed by atoms with van der Waals surface area (Å²) < 4.78 is 0. The number of anilines is 2. The average molecular weight is 323 g/mol. The van der Waals surface area contributed by atoms with Gasteiger partial charge in [0.15, 0.2) is 0 Å². The molecular weight excluding hydrogens is 298 g/mol. The molecule has 0 saturated carbocycles. The number of nitrogens with one attached hydrogen (secondary N) is 1. The number of benzene rings is 2. The minimum Gasteiger partial charge on any atom is -0.369 e. The zero-order valence-electron chi connectivity index (χ0n) is 14.5. The highest BCUT2D eigenvalue weighted by Crippen LogP contribution is 2.20. The predicted octanol–water partition coefficient (Wildman–Crippen LogP) is 3.06. The lowest BCUT2D eigenvalue weighted by Gasteiger charge is -2.36. The highest BCUT2D eigenvalue weighted by atomic mass is 16.2. The van der Waals surface area contributed by atoms with Crippen molar-refractivity contribution in [2.24, 2.45) is 0 Å². The summed E-state index contributed by atoms with van der Waals surface area (Å²) >= 11 is 0. The van der Waals surface area contributed by atoms with Crippen LogP contribution in [0.15, 0.2) is 48.5 Å². The van der Waals surface area contributed by atoms with Gasteiger partial charge in [0.05, 0.1) is 6.54 Å². The third-order valence-corrected chi connectivity index (χ3v) is 4.61. The van der Waals surface area contributed by atoms with E-state index in [-0.39, 0.29) is 5.91 Å². The van der Waals surface area contributed by atoms with Gasteiger partial charge in [-0.1, -0.05) is 36.4 Å². The molecule has 0 aromatic heterocycles. The second-order valence-corrected chi connectivity index (χ2v) is 6.41. The van der Waals surface area contributed by atoms with Gasteiger partial charge in [-0.25, -0.2) is 0 Å². The second kappa shape index (κ2) is 7.49. The molecule has 0 spiro atoms. The van der Waals surface area contributed by atoms with E-state index in [4.69, 9.17) is 0 Å². The van der Waals surface area contributed by atoms with Crippen molar-refractivity contribution >= 4 is 17.3 Å². The van der Waals surface area contributed by atoms with E-state index in [1.54, 1.807) is 0 Å². The monoisotopic (exact) mass is 323 g/mol. The van der Waals surface area contributed by atoms with E-state index in [9.17, 15) is 4.79 Å². The van der Waals surface area contributed by atoms with E-state index >= 15 is 0 Å². The molecule has 4 nitrogen and oxygen atoms in total. The smallest absolute Gasteiger partial charge is 0.238 e. The van der Waals surface area contributed by atoms with Gasteiger partial charge < -0.3 is 10.2 Å². The number of hydrogen-bond donors (Lipinski definition) is 1. The number of nitrogens with zero attached hydrogens (tertiary/aromatic N) is 2. The molecule has 2 aromatic carbocycles. The van der Waals surface area contributed by atoms with Crippen molar-refractivity contribution in [2.45, 2.75) is 13.8 Å². The number of para-hydroxylation sites is 2. The van der Waals surface area contributed by atoms with Crippen LogP contribution in [0.3, 0.4) is 0 Å². The van der Waals surface area contributed by atoms with Crippen molar-refractivity contribution in [3.8, 4) is 0 Å². The van der Waals surface area contributed by atoms with Crippen LogP contribution >= 0.6 is 0 Å². The van der Waals surface area contributed by atoms with Gasteiger partial charge in [0.25, 0.3) is 0 Å². The molecule has 0 unspecified atom stereocenters. The van der Waals surface area contributed by atoms with Crippen LogP contribution in [0.25, 0.3) is 0 Å². The Morgan fingerprint density at radius 1 is 0.917 bits per heavy atom. The van der Waals surface area contributed by atoms with E-state index in [0.717, 1.165) is 37.4 Å². The number of amides is 1. The molecule has 0 aliphatic carbocycles. The molecule has 0 bridgehead atoms. The Balaban J connectivity index is 1.51. The Labute approximate surface area is 144 Å². The fourth-order valence-electron chi connectivity index (χ4n) is 3.17. The van der Waals surface area contributed by atoms with Gasteiger partial charge in [0.2, 0.25) is 5.91 Å². The third kappa shape index (κ3) is 3.95. The van der Waals surface area contributed by atoms with E-state index in [2.05, 4.69) is 46.3 Å². The largest absolute Gasteiger partial charge is 0.369 e. The first-order valence-electron chi connectivity index (χ1n) is 8.52. The molecule has 1 aliphatic heterocycles. The summed E-state index contributed by atoms with van der Waals surface area (Å²) in [5.41, 5.74) is 4.61. The van der Waals surface area contributed by atoms with Crippen LogP contribution in [0.2, 0.25) is 0 Å². The quantitative estimate of drug-likeness (QED) is 0.939. The Bertz CT molecular complexity index is 706. The highest BCUT2D eigenvalue weighted by molar-refractivity contribution is 5.92. The van der Waals surface area contributed by atoms with E-state index in [1.165, 1.54) is 11.3 Å². The normalized spacial score (nSPS) is 15.3. The predicted molar refractivity (Wildman–Crippen MR) is 99.6 cm³/mol. The van der Waals surface area contributed by atoms with Crippen molar-refractivity contribution in [3.05, 3.63) is 59.7 Å². The van der Waals surface area contributed by atoms with Gasteiger partial charge in [0, 0.05) is 37.6 Å². The molecule has 1 aliphatic rings. The maximum absolute atomic E-state index is 12.3. The van der Waals surface area contributed by atoms with Crippen molar-refractivity contribution in [2.75, 3.05) is 42.9 Å². The molecule has 0 atom stereocenters. The molecule has 0 radical (unpaired) electrons. The minimum atomic E-state index is 0.0636. The van der Waals surface area contributed by atoms with Crippen LogP contribution in [0, 0.1) is 13.8 Å². The first kappa shape index (κ1) is 16.5.